The molecule has 194 valence electrons. The summed E-state index contributed by atoms with van der Waals surface area (Å²) in [5.74, 6) is -2.24. The van der Waals surface area contributed by atoms with E-state index in [-0.39, 0.29) is 33.6 Å². The molecule has 0 atom stereocenters. The van der Waals surface area contributed by atoms with Gasteiger partial charge in [0, 0.05) is 37.1 Å². The Morgan fingerprint density at radius 1 is 1.00 bits per heavy atom. The van der Waals surface area contributed by atoms with Crippen molar-refractivity contribution in [3.8, 4) is 28.0 Å². The number of hydrogen-bond acceptors (Lipinski definition) is 5. The molecule has 38 heavy (non-hydrogen) atoms. The van der Waals surface area contributed by atoms with Crippen LogP contribution in [0.15, 0.2) is 64.3 Å². The maximum atomic E-state index is 15.8. The minimum absolute atomic E-state index is 0.0229. The third-order valence-electron chi connectivity index (χ3n) is 6.30. The topological polar surface area (TPSA) is 99.4 Å². The van der Waals surface area contributed by atoms with E-state index < -0.39 is 28.8 Å². The second kappa shape index (κ2) is 10.3. The van der Waals surface area contributed by atoms with Crippen molar-refractivity contribution < 1.29 is 23.1 Å². The molecule has 4 aromatic rings. The minimum atomic E-state index is -0.843. The number of benzene rings is 3. The molecule has 0 spiro atoms. The van der Waals surface area contributed by atoms with Gasteiger partial charge in [-0.25, -0.2) is 13.6 Å². The standard InChI is InChI=1S/C28H23F2N3O5/c1-15-17(7-6-10-23(15)31-26(35)20-13-32(2)28(37)33(3)27(20)36)19-9-5-8-18(25(19)30)16-11-22(29)21(14-34)24(12-16)38-4/h5-14H,1-4H3,(H,31,35). The summed E-state index contributed by atoms with van der Waals surface area (Å²) in [5, 5.41) is 2.66. The van der Waals surface area contributed by atoms with Gasteiger partial charge in [0.2, 0.25) is 0 Å². The normalized spacial score (nSPS) is 10.8. The highest BCUT2D eigenvalue weighted by atomic mass is 19.1. The van der Waals surface area contributed by atoms with E-state index in [4.69, 9.17) is 4.74 Å². The molecule has 0 radical (unpaired) electrons. The van der Waals surface area contributed by atoms with E-state index in [2.05, 4.69) is 5.32 Å². The molecular weight excluding hydrogens is 496 g/mol. The lowest BCUT2D eigenvalue weighted by Gasteiger charge is -2.16. The first-order chi connectivity index (χ1) is 18.1. The number of nitrogens with one attached hydrogen (secondary N) is 1. The Morgan fingerprint density at radius 2 is 1.66 bits per heavy atom. The Morgan fingerprint density at radius 3 is 2.34 bits per heavy atom. The summed E-state index contributed by atoms with van der Waals surface area (Å²) in [6.07, 6.45) is 1.49. The molecule has 0 fully saturated rings. The van der Waals surface area contributed by atoms with Crippen LogP contribution >= 0.6 is 0 Å². The van der Waals surface area contributed by atoms with Crippen LogP contribution in [0.25, 0.3) is 22.3 Å². The zero-order chi connectivity index (χ0) is 27.7. The second-order valence-electron chi connectivity index (χ2n) is 8.59. The van der Waals surface area contributed by atoms with E-state index in [1.54, 1.807) is 37.3 Å². The maximum absolute atomic E-state index is 15.8. The molecule has 1 aromatic heterocycles. The Labute approximate surface area is 215 Å². The van der Waals surface area contributed by atoms with E-state index in [0.29, 0.717) is 23.1 Å². The predicted octanol–water partition coefficient (Wildman–Crippen LogP) is 4.08. The van der Waals surface area contributed by atoms with E-state index in [1.807, 2.05) is 0 Å². The number of rotatable bonds is 6. The lowest BCUT2D eigenvalue weighted by atomic mass is 9.94. The molecule has 0 saturated heterocycles. The minimum Gasteiger partial charge on any atom is -0.496 e. The SMILES string of the molecule is COc1cc(-c2cccc(-c3cccc(NC(=O)c4cn(C)c(=O)n(C)c4=O)c3C)c2F)cc(F)c1C=O. The summed E-state index contributed by atoms with van der Waals surface area (Å²) >= 11 is 0. The Kier molecular flexibility index (Phi) is 7.07. The summed E-state index contributed by atoms with van der Waals surface area (Å²) in [5.41, 5.74) is -0.0746. The van der Waals surface area contributed by atoms with Gasteiger partial charge in [0.15, 0.2) is 6.29 Å². The molecule has 1 heterocycles. The van der Waals surface area contributed by atoms with Gasteiger partial charge in [-0.1, -0.05) is 30.3 Å². The molecule has 0 aliphatic rings. The number of anilines is 1. The van der Waals surface area contributed by atoms with Crippen LogP contribution in [0, 0.1) is 18.6 Å². The monoisotopic (exact) mass is 519 g/mol. The molecule has 10 heteroatoms. The number of hydrogen-bond donors (Lipinski definition) is 1. The number of methoxy groups -OCH3 is 1. The Hall–Kier alpha value is -4.86. The van der Waals surface area contributed by atoms with Crippen LogP contribution in [0.5, 0.6) is 5.75 Å². The van der Waals surface area contributed by atoms with Gasteiger partial charge in [-0.2, -0.15) is 0 Å². The average Bonchev–Trinajstić information content (AvgIpc) is 2.90. The zero-order valence-electron chi connectivity index (χ0n) is 21.0. The smallest absolute Gasteiger partial charge is 0.330 e. The van der Waals surface area contributed by atoms with Gasteiger partial charge < -0.3 is 14.6 Å². The number of halogens is 2. The number of carbonyl (C=O) groups is 2. The van der Waals surface area contributed by atoms with Gasteiger partial charge >= 0.3 is 5.69 Å². The summed E-state index contributed by atoms with van der Waals surface area (Å²) in [6, 6.07) is 11.9. The highest BCUT2D eigenvalue weighted by Crippen LogP contribution is 2.36. The third-order valence-corrected chi connectivity index (χ3v) is 6.30. The number of nitrogens with zero attached hydrogens (tertiary/aromatic N) is 2. The van der Waals surface area contributed by atoms with Crippen molar-refractivity contribution in [2.75, 3.05) is 12.4 Å². The summed E-state index contributed by atoms with van der Waals surface area (Å²) in [6.45, 7) is 1.68. The molecule has 0 unspecified atom stereocenters. The summed E-state index contributed by atoms with van der Waals surface area (Å²) < 4.78 is 37.4. The number of ether oxygens (including phenoxy) is 1. The van der Waals surface area contributed by atoms with Crippen molar-refractivity contribution in [2.24, 2.45) is 14.1 Å². The lowest BCUT2D eigenvalue weighted by molar-refractivity contribution is 0.102. The summed E-state index contributed by atoms with van der Waals surface area (Å²) in [7, 11) is 3.98. The molecular formula is C28H23F2N3O5. The molecule has 8 nitrogen and oxygen atoms in total. The van der Waals surface area contributed by atoms with E-state index in [1.165, 1.54) is 33.3 Å². The molecule has 0 saturated carbocycles. The van der Waals surface area contributed by atoms with E-state index in [0.717, 1.165) is 21.4 Å². The van der Waals surface area contributed by atoms with E-state index >= 15 is 4.39 Å². The third kappa shape index (κ3) is 4.52. The van der Waals surface area contributed by atoms with Crippen molar-refractivity contribution in [3.05, 3.63) is 104 Å². The van der Waals surface area contributed by atoms with Crippen LogP contribution < -0.4 is 21.3 Å². The fraction of sp³-hybridized carbons (Fsp3) is 0.143. The molecule has 3 aromatic carbocycles. The lowest BCUT2D eigenvalue weighted by Crippen LogP contribution is -2.40. The second-order valence-corrected chi connectivity index (χ2v) is 8.59. The van der Waals surface area contributed by atoms with Gasteiger partial charge in [-0.05, 0) is 41.8 Å². The number of aromatic nitrogens is 2. The molecule has 1 amide bonds. The van der Waals surface area contributed by atoms with Gasteiger partial charge in [0.1, 0.15) is 22.9 Å². The van der Waals surface area contributed by atoms with Crippen molar-refractivity contribution in [3.63, 3.8) is 0 Å². The first-order valence-corrected chi connectivity index (χ1v) is 11.4. The highest BCUT2D eigenvalue weighted by Gasteiger charge is 2.20. The zero-order valence-corrected chi connectivity index (χ0v) is 21.0. The largest absolute Gasteiger partial charge is 0.496 e. The van der Waals surface area contributed by atoms with Crippen molar-refractivity contribution in [1.82, 2.24) is 9.13 Å². The van der Waals surface area contributed by atoms with Crippen molar-refractivity contribution in [2.45, 2.75) is 6.92 Å². The Bertz CT molecular complexity index is 1720. The van der Waals surface area contributed by atoms with Crippen molar-refractivity contribution in [1.29, 1.82) is 0 Å². The summed E-state index contributed by atoms with van der Waals surface area (Å²) in [4.78, 5) is 48.5. The number of aryl methyl sites for hydroxylation is 1. The quantitative estimate of drug-likeness (QED) is 0.387. The molecule has 0 aliphatic carbocycles. The van der Waals surface area contributed by atoms with Crippen LogP contribution in [-0.2, 0) is 14.1 Å². The van der Waals surface area contributed by atoms with Crippen LogP contribution in [-0.4, -0.2) is 28.4 Å². The van der Waals surface area contributed by atoms with Crippen LogP contribution in [0.2, 0.25) is 0 Å². The van der Waals surface area contributed by atoms with Gasteiger partial charge in [-0.15, -0.1) is 0 Å². The first-order valence-electron chi connectivity index (χ1n) is 11.4. The van der Waals surface area contributed by atoms with Crippen LogP contribution in [0.4, 0.5) is 14.5 Å². The molecule has 0 aliphatic heterocycles. The van der Waals surface area contributed by atoms with Gasteiger partial charge in [0.05, 0.1) is 12.7 Å². The molecule has 1 N–H and O–H groups in total. The molecule has 0 bridgehead atoms. The average molecular weight is 520 g/mol. The van der Waals surface area contributed by atoms with Crippen molar-refractivity contribution >= 4 is 17.9 Å². The fourth-order valence-corrected chi connectivity index (χ4v) is 4.21. The first kappa shape index (κ1) is 26.2. The van der Waals surface area contributed by atoms with Gasteiger partial charge in [0.25, 0.3) is 11.5 Å². The highest BCUT2D eigenvalue weighted by molar-refractivity contribution is 6.04. The molecule has 4 rings (SSSR count). The van der Waals surface area contributed by atoms with E-state index in [9.17, 15) is 23.6 Å². The predicted molar refractivity (Wildman–Crippen MR) is 139 cm³/mol. The van der Waals surface area contributed by atoms with Gasteiger partial charge in [-0.3, -0.25) is 19.0 Å². The Balaban J connectivity index is 1.76. The maximum Gasteiger partial charge on any atom is 0.330 e. The van der Waals surface area contributed by atoms with Crippen LogP contribution in [0.3, 0.4) is 0 Å². The van der Waals surface area contributed by atoms with Crippen LogP contribution in [0.1, 0.15) is 26.3 Å². The number of amides is 1. The number of carbonyl (C=O) groups excluding carboxylic acids is 2. The fourth-order valence-electron chi connectivity index (χ4n) is 4.21. The number of aldehydes is 1.